The molecule has 3 aromatic carbocycles. The van der Waals surface area contributed by atoms with Crippen LogP contribution in [0.5, 0.6) is 0 Å². The van der Waals surface area contributed by atoms with Gasteiger partial charge in [0.15, 0.2) is 0 Å². The molecule has 0 aliphatic rings. The maximum atomic E-state index is 13.5. The summed E-state index contributed by atoms with van der Waals surface area (Å²) in [5.41, 5.74) is 9.40. The molecule has 2 unspecified atom stereocenters. The molecule has 3 aromatic rings. The van der Waals surface area contributed by atoms with E-state index in [1.165, 1.54) is 24.3 Å². The van der Waals surface area contributed by atoms with Gasteiger partial charge in [0, 0.05) is 23.5 Å². The highest BCUT2D eigenvalue weighted by molar-refractivity contribution is 5.52. The highest BCUT2D eigenvalue weighted by Gasteiger charge is 2.24. The molecule has 0 aliphatic heterocycles. The van der Waals surface area contributed by atoms with Crippen LogP contribution in [-0.2, 0) is 0 Å². The minimum absolute atomic E-state index is 0.0312. The summed E-state index contributed by atoms with van der Waals surface area (Å²) in [6.45, 7) is 4.09. The molecule has 0 radical (unpaired) electrons. The molecule has 2 atom stereocenters. The predicted molar refractivity (Wildman–Crippen MR) is 110 cm³/mol. The second-order valence-electron chi connectivity index (χ2n) is 6.75. The first-order valence-electron chi connectivity index (χ1n) is 9.00. The van der Waals surface area contributed by atoms with Crippen molar-refractivity contribution in [3.05, 3.63) is 99.9 Å². The smallest absolute Gasteiger partial charge is 0.269 e. The molecular formula is C22H22FN3O2. The Morgan fingerprint density at radius 3 is 1.79 bits per heavy atom. The van der Waals surface area contributed by atoms with Crippen molar-refractivity contribution in [3.63, 3.8) is 0 Å². The average molecular weight is 379 g/mol. The highest BCUT2D eigenvalue weighted by Crippen LogP contribution is 2.36. The number of non-ortho nitro benzene ring substituents is 1. The van der Waals surface area contributed by atoms with Gasteiger partial charge < -0.3 is 10.6 Å². The van der Waals surface area contributed by atoms with Crippen LogP contribution in [0.25, 0.3) is 0 Å². The molecule has 0 aliphatic carbocycles. The zero-order valence-corrected chi connectivity index (χ0v) is 15.7. The molecule has 2 N–H and O–H groups in total. The van der Waals surface area contributed by atoms with Gasteiger partial charge in [-0.1, -0.05) is 24.3 Å². The predicted octanol–water partition coefficient (Wildman–Crippen LogP) is 5.64. The second kappa shape index (κ2) is 8.08. The first-order valence-corrected chi connectivity index (χ1v) is 9.00. The van der Waals surface area contributed by atoms with Crippen LogP contribution in [-0.4, -0.2) is 4.92 Å². The van der Waals surface area contributed by atoms with Crippen LogP contribution < -0.4 is 10.6 Å². The minimum Gasteiger partial charge on any atom is -0.399 e. The Morgan fingerprint density at radius 2 is 1.32 bits per heavy atom. The van der Waals surface area contributed by atoms with Gasteiger partial charge in [0.2, 0.25) is 0 Å². The van der Waals surface area contributed by atoms with E-state index in [1.54, 1.807) is 24.3 Å². The largest absolute Gasteiger partial charge is 0.399 e. The molecule has 144 valence electrons. The Balaban J connectivity index is 2.00. The maximum absolute atomic E-state index is 13.5. The Bertz CT molecular complexity index is 941. The quantitative estimate of drug-likeness (QED) is 0.341. The molecule has 0 amide bonds. The molecule has 0 heterocycles. The lowest BCUT2D eigenvalue weighted by molar-refractivity contribution is -0.384. The summed E-state index contributed by atoms with van der Waals surface area (Å²) in [7, 11) is 0. The lowest BCUT2D eigenvalue weighted by atomic mass is 9.99. The third-order valence-corrected chi connectivity index (χ3v) is 4.96. The molecule has 0 saturated carbocycles. The monoisotopic (exact) mass is 379 g/mol. The number of hydrogen-bond donors (Lipinski definition) is 1. The molecule has 0 spiro atoms. The van der Waals surface area contributed by atoms with Crippen LogP contribution in [0.2, 0.25) is 0 Å². The Kier molecular flexibility index (Phi) is 5.59. The van der Waals surface area contributed by atoms with Crippen LogP contribution >= 0.6 is 0 Å². The van der Waals surface area contributed by atoms with E-state index in [-0.39, 0.29) is 23.6 Å². The zero-order valence-electron chi connectivity index (χ0n) is 15.7. The summed E-state index contributed by atoms with van der Waals surface area (Å²) in [6, 6.07) is 20.4. The van der Waals surface area contributed by atoms with Gasteiger partial charge in [-0.15, -0.1) is 0 Å². The molecule has 6 heteroatoms. The van der Waals surface area contributed by atoms with Crippen LogP contribution in [0.4, 0.5) is 21.5 Å². The maximum Gasteiger partial charge on any atom is 0.269 e. The highest BCUT2D eigenvalue weighted by atomic mass is 19.1. The van der Waals surface area contributed by atoms with Crippen molar-refractivity contribution in [3.8, 4) is 0 Å². The van der Waals surface area contributed by atoms with Crippen LogP contribution in [0.1, 0.15) is 37.1 Å². The van der Waals surface area contributed by atoms with Crippen LogP contribution in [0, 0.1) is 15.9 Å². The van der Waals surface area contributed by atoms with Gasteiger partial charge in [-0.25, -0.2) is 4.39 Å². The average Bonchev–Trinajstić information content (AvgIpc) is 2.70. The van der Waals surface area contributed by atoms with E-state index >= 15 is 0 Å². The van der Waals surface area contributed by atoms with Crippen LogP contribution in [0.15, 0.2) is 72.8 Å². The number of hydrogen-bond acceptors (Lipinski definition) is 4. The number of halogens is 1. The number of nitrogens with zero attached hydrogens (tertiary/aromatic N) is 2. The van der Waals surface area contributed by atoms with Crippen molar-refractivity contribution in [1.82, 2.24) is 0 Å². The first-order chi connectivity index (χ1) is 13.4. The fourth-order valence-corrected chi connectivity index (χ4v) is 3.37. The minimum atomic E-state index is -0.414. The molecule has 0 bridgehead atoms. The summed E-state index contributed by atoms with van der Waals surface area (Å²) in [4.78, 5) is 12.7. The molecule has 3 rings (SSSR count). The fraction of sp³-hybridized carbons (Fsp3) is 0.182. The van der Waals surface area contributed by atoms with Crippen molar-refractivity contribution >= 4 is 17.1 Å². The van der Waals surface area contributed by atoms with Gasteiger partial charge in [0.25, 0.3) is 5.69 Å². The van der Waals surface area contributed by atoms with Crippen molar-refractivity contribution < 1.29 is 9.31 Å². The number of nitro groups is 1. The number of benzene rings is 3. The first kappa shape index (κ1) is 19.4. The molecule has 0 aromatic heterocycles. The van der Waals surface area contributed by atoms with Crippen molar-refractivity contribution in [2.24, 2.45) is 0 Å². The van der Waals surface area contributed by atoms with Gasteiger partial charge >= 0.3 is 0 Å². The van der Waals surface area contributed by atoms with Crippen molar-refractivity contribution in [1.29, 1.82) is 0 Å². The number of nitrogen functional groups attached to an aromatic ring is 1. The molecule has 28 heavy (non-hydrogen) atoms. The summed E-state index contributed by atoms with van der Waals surface area (Å²) >= 11 is 0. The van der Waals surface area contributed by atoms with E-state index < -0.39 is 4.92 Å². The number of nitro benzene ring substituents is 1. The number of nitrogens with two attached hydrogens (primary N) is 1. The number of rotatable bonds is 6. The fourth-order valence-electron chi connectivity index (χ4n) is 3.37. The standard InChI is InChI=1S/C22H22FN3O2/c1-15(17-3-9-20(24)10-4-17)25(21-13-7-19(23)8-14-21)16(2)18-5-11-22(12-6-18)26(27)28/h3-16H,24H2,1-2H3. The Labute approximate surface area is 163 Å². The summed E-state index contributed by atoms with van der Waals surface area (Å²) < 4.78 is 13.5. The van der Waals surface area contributed by atoms with E-state index in [9.17, 15) is 14.5 Å². The van der Waals surface area contributed by atoms with Crippen LogP contribution in [0.3, 0.4) is 0 Å². The van der Waals surface area contributed by atoms with Gasteiger partial charge in [-0.2, -0.15) is 0 Å². The lowest BCUT2D eigenvalue weighted by Gasteiger charge is -2.37. The van der Waals surface area contributed by atoms with Crippen molar-refractivity contribution in [2.75, 3.05) is 10.6 Å². The lowest BCUT2D eigenvalue weighted by Crippen LogP contribution is -2.30. The number of anilines is 2. The molecule has 0 saturated heterocycles. The zero-order chi connectivity index (χ0) is 20.3. The van der Waals surface area contributed by atoms with Gasteiger partial charge in [-0.05, 0) is 61.4 Å². The summed E-state index contributed by atoms with van der Waals surface area (Å²) in [6.07, 6.45) is 0. The molecular weight excluding hydrogens is 357 g/mol. The summed E-state index contributed by atoms with van der Waals surface area (Å²) in [5, 5.41) is 10.9. The van der Waals surface area contributed by atoms with E-state index in [4.69, 9.17) is 5.73 Å². The molecule has 0 fully saturated rings. The Hall–Kier alpha value is -3.41. The molecule has 5 nitrogen and oxygen atoms in total. The van der Waals surface area contributed by atoms with E-state index in [0.29, 0.717) is 5.69 Å². The van der Waals surface area contributed by atoms with Gasteiger partial charge in [-0.3, -0.25) is 10.1 Å². The third-order valence-electron chi connectivity index (χ3n) is 4.96. The van der Waals surface area contributed by atoms with E-state index in [2.05, 4.69) is 11.8 Å². The van der Waals surface area contributed by atoms with E-state index in [1.807, 2.05) is 31.2 Å². The third kappa shape index (κ3) is 4.11. The summed E-state index contributed by atoms with van der Waals surface area (Å²) in [5.74, 6) is -0.299. The topological polar surface area (TPSA) is 72.4 Å². The van der Waals surface area contributed by atoms with Gasteiger partial charge in [0.05, 0.1) is 17.0 Å². The normalized spacial score (nSPS) is 13.0. The Morgan fingerprint density at radius 1 is 0.857 bits per heavy atom. The van der Waals surface area contributed by atoms with E-state index in [0.717, 1.165) is 16.8 Å². The SMILES string of the molecule is CC(c1ccc(N)cc1)N(c1ccc(F)cc1)C(C)c1ccc([N+](=O)[O-])cc1. The second-order valence-corrected chi connectivity index (χ2v) is 6.75. The van der Waals surface area contributed by atoms with Gasteiger partial charge in [0.1, 0.15) is 5.82 Å². The van der Waals surface area contributed by atoms with Crippen molar-refractivity contribution in [2.45, 2.75) is 25.9 Å².